The molecule has 3 N–H and O–H groups in total. The summed E-state index contributed by atoms with van der Waals surface area (Å²) < 4.78 is 10.7. The molecule has 0 fully saturated rings. The van der Waals surface area contributed by atoms with Crippen molar-refractivity contribution in [3.63, 3.8) is 0 Å². The number of hydrogen-bond donors (Lipinski definition) is 3. The number of nitrogens with zero attached hydrogens (tertiary/aromatic N) is 1. The largest absolute Gasteiger partial charge is 0.467 e. The maximum Gasteiger partial charge on any atom is 0.340 e. The number of furan rings is 1. The average molecular weight is 555 g/mol. The maximum atomic E-state index is 13.2. The van der Waals surface area contributed by atoms with Crippen molar-refractivity contribution in [1.29, 1.82) is 0 Å². The predicted octanol–water partition coefficient (Wildman–Crippen LogP) is 6.35. The van der Waals surface area contributed by atoms with Crippen molar-refractivity contribution in [1.82, 2.24) is 15.7 Å². The first-order valence-electron chi connectivity index (χ1n) is 11.5. The summed E-state index contributed by atoms with van der Waals surface area (Å²) in [6.45, 7) is 2.43. The minimum atomic E-state index is -0.434. The van der Waals surface area contributed by atoms with Crippen molar-refractivity contribution < 1.29 is 13.9 Å². The maximum absolute atomic E-state index is 13.2. The fourth-order valence-corrected chi connectivity index (χ4v) is 4.18. The van der Waals surface area contributed by atoms with Crippen molar-refractivity contribution >= 4 is 52.7 Å². The van der Waals surface area contributed by atoms with Crippen LogP contribution in [0.5, 0.6) is 0 Å². The Labute approximate surface area is 229 Å². The van der Waals surface area contributed by atoms with E-state index in [2.05, 4.69) is 20.8 Å². The number of aromatic amines is 1. The molecule has 2 heterocycles. The normalized spacial score (nSPS) is 11.0. The Kier molecular flexibility index (Phi) is 9.00. The molecule has 7 nitrogen and oxygen atoms in total. The number of halogens is 2. The SMILES string of the molecule is CCOC(=O)c1c(-c2ccccc2)[nH]c(C=NNC(=S)NCc2ccco2)c1Cc1ccc(Cl)c(Cl)c1. The molecule has 4 aromatic rings. The Morgan fingerprint density at radius 2 is 1.95 bits per heavy atom. The van der Waals surface area contributed by atoms with E-state index in [0.717, 1.165) is 16.9 Å². The molecule has 0 aliphatic rings. The summed E-state index contributed by atoms with van der Waals surface area (Å²) in [5.74, 6) is 0.309. The van der Waals surface area contributed by atoms with Crippen molar-refractivity contribution in [2.75, 3.05) is 6.61 Å². The summed E-state index contributed by atoms with van der Waals surface area (Å²) in [4.78, 5) is 16.5. The number of thiocarbonyl (C=S) groups is 1. The Bertz CT molecular complexity index is 1400. The molecule has 0 bridgehead atoms. The van der Waals surface area contributed by atoms with E-state index >= 15 is 0 Å². The molecule has 10 heteroatoms. The summed E-state index contributed by atoms with van der Waals surface area (Å²) in [5, 5.41) is 8.51. The summed E-state index contributed by atoms with van der Waals surface area (Å²) in [5.41, 5.74) is 6.89. The van der Waals surface area contributed by atoms with E-state index in [1.54, 1.807) is 37.6 Å². The molecule has 0 saturated heterocycles. The third kappa shape index (κ3) is 6.80. The summed E-state index contributed by atoms with van der Waals surface area (Å²) in [6.07, 6.45) is 3.57. The number of H-pyrrole nitrogens is 1. The van der Waals surface area contributed by atoms with Crippen LogP contribution in [0, 0.1) is 0 Å². The second kappa shape index (κ2) is 12.6. The Morgan fingerprint density at radius 1 is 1.14 bits per heavy atom. The van der Waals surface area contributed by atoms with Gasteiger partial charge in [0.2, 0.25) is 0 Å². The van der Waals surface area contributed by atoms with E-state index in [0.29, 0.717) is 50.6 Å². The van der Waals surface area contributed by atoms with Crippen molar-refractivity contribution in [3.8, 4) is 11.3 Å². The van der Waals surface area contributed by atoms with Gasteiger partial charge in [-0.05, 0) is 60.1 Å². The molecule has 2 aromatic heterocycles. The zero-order valence-electron chi connectivity index (χ0n) is 19.9. The molecule has 0 spiro atoms. The number of hydrazone groups is 1. The summed E-state index contributed by atoms with van der Waals surface area (Å²) in [7, 11) is 0. The zero-order valence-corrected chi connectivity index (χ0v) is 22.2. The van der Waals surface area contributed by atoms with Gasteiger partial charge in [-0.15, -0.1) is 0 Å². The number of hydrogen-bond acceptors (Lipinski definition) is 5. The number of carbonyl (C=O) groups is 1. The van der Waals surface area contributed by atoms with Gasteiger partial charge in [0, 0.05) is 6.42 Å². The van der Waals surface area contributed by atoms with E-state index in [1.807, 2.05) is 42.5 Å². The molecule has 0 atom stereocenters. The van der Waals surface area contributed by atoms with Gasteiger partial charge in [0.05, 0.1) is 52.6 Å². The van der Waals surface area contributed by atoms with Gasteiger partial charge >= 0.3 is 5.97 Å². The first-order chi connectivity index (χ1) is 18.0. The lowest BCUT2D eigenvalue weighted by Gasteiger charge is -2.09. The highest BCUT2D eigenvalue weighted by atomic mass is 35.5. The molecule has 0 aliphatic heterocycles. The van der Waals surface area contributed by atoms with Crippen LogP contribution in [0.2, 0.25) is 10.0 Å². The molecule has 37 heavy (non-hydrogen) atoms. The van der Waals surface area contributed by atoms with Gasteiger partial charge < -0.3 is 19.5 Å². The van der Waals surface area contributed by atoms with Crippen LogP contribution < -0.4 is 10.7 Å². The van der Waals surface area contributed by atoms with E-state index in [-0.39, 0.29) is 6.61 Å². The number of carbonyl (C=O) groups excluding carboxylic acids is 1. The fourth-order valence-electron chi connectivity index (χ4n) is 3.73. The molecule has 2 aromatic carbocycles. The molecule has 0 unspecified atom stereocenters. The fraction of sp³-hybridized carbons (Fsp3) is 0.148. The summed E-state index contributed by atoms with van der Waals surface area (Å²) in [6, 6.07) is 18.6. The lowest BCUT2D eigenvalue weighted by Crippen LogP contribution is -2.31. The third-order valence-electron chi connectivity index (χ3n) is 5.41. The highest BCUT2D eigenvalue weighted by molar-refractivity contribution is 7.80. The zero-order chi connectivity index (χ0) is 26.2. The van der Waals surface area contributed by atoms with Crippen LogP contribution in [0.15, 0.2) is 76.4 Å². The summed E-state index contributed by atoms with van der Waals surface area (Å²) >= 11 is 17.7. The Hall–Kier alpha value is -3.59. The first-order valence-corrected chi connectivity index (χ1v) is 12.6. The number of benzene rings is 2. The van der Waals surface area contributed by atoms with E-state index in [9.17, 15) is 4.79 Å². The highest BCUT2D eigenvalue weighted by Crippen LogP contribution is 2.32. The van der Waals surface area contributed by atoms with Crippen LogP contribution in [0.4, 0.5) is 0 Å². The second-order valence-electron chi connectivity index (χ2n) is 7.91. The standard InChI is InChI=1S/C27H24Cl2N4O3S/c1-2-35-26(34)24-20(13-17-10-11-21(28)22(29)14-17)23(32-25(24)18-7-4-3-5-8-18)16-31-33-27(37)30-15-19-9-6-12-36-19/h3-12,14,16,32H,2,13,15H2,1H3,(H2,30,33,37). The number of esters is 1. The van der Waals surface area contributed by atoms with Crippen LogP contribution in [-0.4, -0.2) is 28.9 Å². The van der Waals surface area contributed by atoms with Crippen molar-refractivity contribution in [2.45, 2.75) is 19.9 Å². The van der Waals surface area contributed by atoms with Gasteiger partial charge in [-0.2, -0.15) is 5.10 Å². The van der Waals surface area contributed by atoms with Crippen LogP contribution in [0.3, 0.4) is 0 Å². The quantitative estimate of drug-likeness (QED) is 0.0966. The molecule has 0 radical (unpaired) electrons. The smallest absolute Gasteiger partial charge is 0.340 e. The Morgan fingerprint density at radius 3 is 2.65 bits per heavy atom. The second-order valence-corrected chi connectivity index (χ2v) is 9.13. The van der Waals surface area contributed by atoms with Crippen LogP contribution in [0.25, 0.3) is 11.3 Å². The molecule has 4 rings (SSSR count). The van der Waals surface area contributed by atoms with Gasteiger partial charge in [-0.3, -0.25) is 5.43 Å². The minimum absolute atomic E-state index is 0.241. The topological polar surface area (TPSA) is 91.7 Å². The van der Waals surface area contributed by atoms with Crippen LogP contribution in [-0.2, 0) is 17.7 Å². The van der Waals surface area contributed by atoms with Gasteiger partial charge in [0.1, 0.15) is 5.76 Å². The number of nitrogens with one attached hydrogen (secondary N) is 3. The van der Waals surface area contributed by atoms with Crippen LogP contribution in [0.1, 0.15) is 39.9 Å². The molecule has 0 amide bonds. The van der Waals surface area contributed by atoms with Gasteiger partial charge in [0.25, 0.3) is 0 Å². The van der Waals surface area contributed by atoms with Gasteiger partial charge in [0.15, 0.2) is 5.11 Å². The molecule has 190 valence electrons. The first kappa shape index (κ1) is 26.5. The van der Waals surface area contributed by atoms with Crippen LogP contribution >= 0.6 is 35.4 Å². The number of aromatic nitrogens is 1. The third-order valence-corrected chi connectivity index (χ3v) is 6.38. The molecule has 0 aliphatic carbocycles. The van der Waals surface area contributed by atoms with E-state index < -0.39 is 5.97 Å². The van der Waals surface area contributed by atoms with Crippen molar-refractivity contribution in [3.05, 3.63) is 105 Å². The van der Waals surface area contributed by atoms with E-state index in [1.165, 1.54) is 0 Å². The molecular formula is C27H24Cl2N4O3S. The number of ether oxygens (including phenoxy) is 1. The van der Waals surface area contributed by atoms with E-state index in [4.69, 9.17) is 44.6 Å². The minimum Gasteiger partial charge on any atom is -0.467 e. The molecule has 0 saturated carbocycles. The number of rotatable bonds is 9. The van der Waals surface area contributed by atoms with Gasteiger partial charge in [-0.1, -0.05) is 59.6 Å². The lowest BCUT2D eigenvalue weighted by atomic mass is 9.98. The molecular weight excluding hydrogens is 531 g/mol. The Balaban J connectivity index is 1.68. The van der Waals surface area contributed by atoms with Gasteiger partial charge in [-0.25, -0.2) is 4.79 Å². The monoisotopic (exact) mass is 554 g/mol. The highest BCUT2D eigenvalue weighted by Gasteiger charge is 2.25. The predicted molar refractivity (Wildman–Crippen MR) is 150 cm³/mol. The lowest BCUT2D eigenvalue weighted by molar-refractivity contribution is 0.0526. The average Bonchev–Trinajstić information content (AvgIpc) is 3.54. The van der Waals surface area contributed by atoms with Crippen molar-refractivity contribution in [2.24, 2.45) is 5.10 Å².